The van der Waals surface area contributed by atoms with E-state index in [1.807, 2.05) is 0 Å². The molecule has 2 N–H and O–H groups in total. The van der Waals surface area contributed by atoms with Crippen molar-refractivity contribution in [1.29, 1.82) is 0 Å². The van der Waals surface area contributed by atoms with Gasteiger partial charge in [0.15, 0.2) is 0 Å². The van der Waals surface area contributed by atoms with Gasteiger partial charge in [0.2, 0.25) is 0 Å². The number of carboxylic acids is 1. The van der Waals surface area contributed by atoms with Crippen LogP contribution in [0.2, 0.25) is 0 Å². The maximum atomic E-state index is 11.6. The van der Waals surface area contributed by atoms with Crippen molar-refractivity contribution in [2.24, 2.45) is 11.8 Å². The molecule has 0 aliphatic heterocycles. The number of hydrogen-bond acceptors (Lipinski definition) is 2. The number of amides is 2. The third kappa shape index (κ3) is 3.12. The van der Waals surface area contributed by atoms with E-state index in [9.17, 15) is 9.59 Å². The fourth-order valence-corrected chi connectivity index (χ4v) is 1.78. The lowest BCUT2D eigenvalue weighted by Crippen LogP contribution is -2.47. The van der Waals surface area contributed by atoms with Gasteiger partial charge in [-0.1, -0.05) is 13.8 Å². The van der Waals surface area contributed by atoms with Crippen LogP contribution in [0.15, 0.2) is 0 Å². The maximum absolute atomic E-state index is 11.6. The molecule has 3 atom stereocenters. The molecule has 0 heterocycles. The van der Waals surface area contributed by atoms with E-state index in [1.165, 1.54) is 11.9 Å². The van der Waals surface area contributed by atoms with Crippen molar-refractivity contribution in [3.8, 4) is 0 Å². The van der Waals surface area contributed by atoms with Crippen LogP contribution >= 0.6 is 0 Å². The molecule has 5 heteroatoms. The van der Waals surface area contributed by atoms with Crippen LogP contribution in [0.4, 0.5) is 4.79 Å². The quantitative estimate of drug-likeness (QED) is 0.741. The zero-order valence-corrected chi connectivity index (χ0v) is 10.1. The molecule has 0 radical (unpaired) electrons. The van der Waals surface area contributed by atoms with Gasteiger partial charge in [0.05, 0.1) is 0 Å². The Morgan fingerprint density at radius 3 is 2.50 bits per heavy atom. The van der Waals surface area contributed by atoms with Gasteiger partial charge in [-0.2, -0.15) is 0 Å². The lowest BCUT2D eigenvalue weighted by atomic mass is 10.2. The molecule has 1 saturated carbocycles. The number of aliphatic carboxylic acids is 1. The van der Waals surface area contributed by atoms with Crippen LogP contribution in [0.3, 0.4) is 0 Å². The van der Waals surface area contributed by atoms with E-state index in [1.54, 1.807) is 6.92 Å². The third-order valence-electron chi connectivity index (χ3n) is 3.25. The number of hydrogen-bond donors (Lipinski definition) is 2. The van der Waals surface area contributed by atoms with E-state index in [0.29, 0.717) is 24.8 Å². The zero-order chi connectivity index (χ0) is 12.3. The van der Waals surface area contributed by atoms with Crippen molar-refractivity contribution >= 4 is 12.0 Å². The molecule has 1 aliphatic rings. The predicted molar refractivity (Wildman–Crippen MR) is 60.1 cm³/mol. The van der Waals surface area contributed by atoms with Crippen molar-refractivity contribution < 1.29 is 14.7 Å². The van der Waals surface area contributed by atoms with Crippen molar-refractivity contribution in [3.63, 3.8) is 0 Å². The fraction of sp³-hybridized carbons (Fsp3) is 0.818. The summed E-state index contributed by atoms with van der Waals surface area (Å²) in [5.74, 6) is 0.300. The normalized spacial score (nSPS) is 24.7. The van der Waals surface area contributed by atoms with Gasteiger partial charge in [-0.15, -0.1) is 0 Å². The van der Waals surface area contributed by atoms with Crippen LogP contribution in [-0.2, 0) is 4.79 Å². The van der Waals surface area contributed by atoms with E-state index in [-0.39, 0.29) is 6.03 Å². The average molecular weight is 228 g/mol. The molecule has 3 unspecified atom stereocenters. The minimum Gasteiger partial charge on any atom is -0.480 e. The van der Waals surface area contributed by atoms with Crippen LogP contribution in [0.1, 0.15) is 26.7 Å². The predicted octanol–water partition coefficient (Wildman–Crippen LogP) is 1.15. The lowest BCUT2D eigenvalue weighted by molar-refractivity contribution is -0.141. The molecule has 0 aromatic carbocycles. The minimum atomic E-state index is -0.958. The second kappa shape index (κ2) is 5.18. The van der Waals surface area contributed by atoms with E-state index in [0.717, 1.165) is 6.42 Å². The van der Waals surface area contributed by atoms with Gasteiger partial charge in [-0.05, 0) is 24.7 Å². The topological polar surface area (TPSA) is 69.6 Å². The maximum Gasteiger partial charge on any atom is 0.326 e. The first-order chi connectivity index (χ1) is 7.47. The van der Waals surface area contributed by atoms with Gasteiger partial charge in [-0.25, -0.2) is 9.59 Å². The number of likely N-dealkylation sites (N-methyl/N-ethyl adjacent to an activating group) is 1. The third-order valence-corrected chi connectivity index (χ3v) is 3.25. The van der Waals surface area contributed by atoms with Gasteiger partial charge < -0.3 is 15.3 Å². The Bertz CT molecular complexity index is 280. The summed E-state index contributed by atoms with van der Waals surface area (Å²) in [4.78, 5) is 23.8. The molecule has 0 aromatic heterocycles. The van der Waals surface area contributed by atoms with Gasteiger partial charge in [0, 0.05) is 13.6 Å². The van der Waals surface area contributed by atoms with E-state index < -0.39 is 12.0 Å². The summed E-state index contributed by atoms with van der Waals surface area (Å²) in [5, 5.41) is 11.7. The molecule has 0 spiro atoms. The van der Waals surface area contributed by atoms with Gasteiger partial charge in [-0.3, -0.25) is 0 Å². The number of nitrogens with one attached hydrogen (secondary N) is 1. The smallest absolute Gasteiger partial charge is 0.326 e. The standard InChI is InChI=1S/C11H20N2O3/c1-4-9(10(14)15)13(3)11(16)12-6-8-5-7(8)2/h7-9H,4-6H2,1-3H3,(H,12,16)(H,14,15). The first kappa shape index (κ1) is 12.8. The summed E-state index contributed by atoms with van der Waals surface area (Å²) in [6.07, 6.45) is 1.57. The number of carbonyl (C=O) groups is 2. The molecular weight excluding hydrogens is 208 g/mol. The van der Waals surface area contributed by atoms with Crippen molar-refractivity contribution in [2.75, 3.05) is 13.6 Å². The van der Waals surface area contributed by atoms with Crippen LogP contribution < -0.4 is 5.32 Å². The molecule has 1 rings (SSSR count). The summed E-state index contributed by atoms with van der Waals surface area (Å²) < 4.78 is 0. The second-order valence-electron chi connectivity index (χ2n) is 4.53. The van der Waals surface area contributed by atoms with E-state index in [4.69, 9.17) is 5.11 Å². The highest BCUT2D eigenvalue weighted by Gasteiger charge is 2.33. The van der Waals surface area contributed by atoms with Crippen LogP contribution in [0.5, 0.6) is 0 Å². The summed E-state index contributed by atoms with van der Waals surface area (Å²) >= 11 is 0. The van der Waals surface area contributed by atoms with Crippen LogP contribution in [0.25, 0.3) is 0 Å². The molecule has 5 nitrogen and oxygen atoms in total. The van der Waals surface area contributed by atoms with E-state index >= 15 is 0 Å². The molecule has 0 saturated heterocycles. The average Bonchev–Trinajstić information content (AvgIpc) is 2.91. The Labute approximate surface area is 95.8 Å². The first-order valence-electron chi connectivity index (χ1n) is 5.70. The lowest BCUT2D eigenvalue weighted by Gasteiger charge is -2.24. The Balaban J connectivity index is 2.36. The Morgan fingerprint density at radius 2 is 2.12 bits per heavy atom. The SMILES string of the molecule is CCC(C(=O)O)N(C)C(=O)NCC1CC1C. The monoisotopic (exact) mass is 228 g/mol. The molecule has 16 heavy (non-hydrogen) atoms. The summed E-state index contributed by atoms with van der Waals surface area (Å²) in [6, 6.07) is -1.04. The van der Waals surface area contributed by atoms with Crippen molar-refractivity contribution in [1.82, 2.24) is 10.2 Å². The molecule has 92 valence electrons. The minimum absolute atomic E-state index is 0.298. The number of carboxylic acid groups (broad SMARTS) is 1. The Morgan fingerprint density at radius 1 is 1.56 bits per heavy atom. The number of carbonyl (C=O) groups excluding carboxylic acids is 1. The van der Waals surface area contributed by atoms with Crippen molar-refractivity contribution in [2.45, 2.75) is 32.7 Å². The Kier molecular flexibility index (Phi) is 4.15. The highest BCUT2D eigenvalue weighted by atomic mass is 16.4. The second-order valence-corrected chi connectivity index (χ2v) is 4.53. The van der Waals surface area contributed by atoms with Gasteiger partial charge >= 0.3 is 12.0 Å². The molecule has 0 aromatic rings. The number of rotatable bonds is 5. The molecular formula is C11H20N2O3. The summed E-state index contributed by atoms with van der Waals surface area (Å²) in [7, 11) is 1.52. The van der Waals surface area contributed by atoms with Gasteiger partial charge in [0.25, 0.3) is 0 Å². The molecule has 1 fully saturated rings. The summed E-state index contributed by atoms with van der Waals surface area (Å²) in [6.45, 7) is 4.55. The van der Waals surface area contributed by atoms with Crippen LogP contribution in [-0.4, -0.2) is 41.6 Å². The highest BCUT2D eigenvalue weighted by molar-refractivity contribution is 5.82. The number of nitrogens with zero attached hydrogens (tertiary/aromatic N) is 1. The van der Waals surface area contributed by atoms with E-state index in [2.05, 4.69) is 12.2 Å². The first-order valence-corrected chi connectivity index (χ1v) is 5.70. The molecule has 2 amide bonds. The number of urea groups is 1. The summed E-state index contributed by atoms with van der Waals surface area (Å²) in [5.41, 5.74) is 0. The largest absolute Gasteiger partial charge is 0.480 e. The van der Waals surface area contributed by atoms with Crippen LogP contribution in [0, 0.1) is 11.8 Å². The fourth-order valence-electron chi connectivity index (χ4n) is 1.78. The Hall–Kier alpha value is -1.26. The van der Waals surface area contributed by atoms with Gasteiger partial charge in [0.1, 0.15) is 6.04 Å². The zero-order valence-electron chi connectivity index (χ0n) is 10.1. The molecule has 0 bridgehead atoms. The highest BCUT2D eigenvalue weighted by Crippen LogP contribution is 2.36. The molecule has 1 aliphatic carbocycles. The van der Waals surface area contributed by atoms with Crippen molar-refractivity contribution in [3.05, 3.63) is 0 Å².